The molecular formula is C22H46O4. The van der Waals surface area contributed by atoms with E-state index in [4.69, 9.17) is 14.6 Å². The fourth-order valence-electron chi connectivity index (χ4n) is 3.16. The molecule has 4 nitrogen and oxygen atoms in total. The quantitative estimate of drug-likeness (QED) is 0.254. The number of rotatable bonds is 22. The maximum atomic E-state index is 9.84. The summed E-state index contributed by atoms with van der Waals surface area (Å²) in [5.41, 5.74) is 0. The van der Waals surface area contributed by atoms with Crippen LogP contribution in [0.2, 0.25) is 0 Å². The van der Waals surface area contributed by atoms with Crippen LogP contribution in [0.3, 0.4) is 0 Å². The van der Waals surface area contributed by atoms with Crippen molar-refractivity contribution in [3.63, 3.8) is 0 Å². The first-order chi connectivity index (χ1) is 12.8. The van der Waals surface area contributed by atoms with Gasteiger partial charge in [-0.3, -0.25) is 0 Å². The second-order valence-electron chi connectivity index (χ2n) is 7.45. The minimum Gasteiger partial charge on any atom is -0.394 e. The van der Waals surface area contributed by atoms with Gasteiger partial charge in [0.1, 0.15) is 0 Å². The van der Waals surface area contributed by atoms with Gasteiger partial charge >= 0.3 is 0 Å². The normalized spacial score (nSPS) is 12.6. The summed E-state index contributed by atoms with van der Waals surface area (Å²) in [5.74, 6) is 0. The highest BCUT2D eigenvalue weighted by Gasteiger charge is 2.04. The topological polar surface area (TPSA) is 58.9 Å². The Hall–Kier alpha value is -0.160. The third-order valence-electron chi connectivity index (χ3n) is 4.81. The van der Waals surface area contributed by atoms with Crippen molar-refractivity contribution in [2.24, 2.45) is 0 Å². The molecule has 0 aliphatic heterocycles. The van der Waals surface area contributed by atoms with E-state index in [0.29, 0.717) is 26.4 Å². The van der Waals surface area contributed by atoms with Crippen molar-refractivity contribution in [1.29, 1.82) is 0 Å². The van der Waals surface area contributed by atoms with E-state index < -0.39 is 0 Å². The Balaban J connectivity index is 3.09. The Bertz CT molecular complexity index is 248. The summed E-state index contributed by atoms with van der Waals surface area (Å²) in [4.78, 5) is 0. The van der Waals surface area contributed by atoms with Gasteiger partial charge < -0.3 is 19.7 Å². The lowest BCUT2D eigenvalue weighted by atomic mass is 10.0. The second-order valence-corrected chi connectivity index (χ2v) is 7.45. The Kier molecular flexibility index (Phi) is 22.7. The summed E-state index contributed by atoms with van der Waals surface area (Å²) in [6.45, 7) is 4.02. The first-order valence-corrected chi connectivity index (χ1v) is 11.3. The highest BCUT2D eigenvalue weighted by atomic mass is 16.5. The van der Waals surface area contributed by atoms with Crippen LogP contribution in [0.15, 0.2) is 0 Å². The molecule has 1 atom stereocenters. The highest BCUT2D eigenvalue weighted by Crippen LogP contribution is 2.13. The standard InChI is InChI=1S/C22H46O4/c1-2-3-4-5-6-7-8-9-10-11-12-13-14-15-16-22(24)21-26-20-19-25-18-17-23/h22-24H,2-21H2,1H3/t22-/m0/s1. The molecule has 0 aromatic carbocycles. The van der Waals surface area contributed by atoms with Gasteiger partial charge in [0.25, 0.3) is 0 Å². The molecule has 0 amide bonds. The summed E-state index contributed by atoms with van der Waals surface area (Å²) in [7, 11) is 0. The summed E-state index contributed by atoms with van der Waals surface area (Å²) in [5, 5.41) is 18.4. The molecule has 0 saturated heterocycles. The molecule has 0 aliphatic carbocycles. The minimum absolute atomic E-state index is 0.0434. The van der Waals surface area contributed by atoms with Gasteiger partial charge in [-0.1, -0.05) is 96.8 Å². The first kappa shape index (κ1) is 25.8. The predicted octanol–water partition coefficient (Wildman–Crippen LogP) is 5.24. The van der Waals surface area contributed by atoms with Gasteiger partial charge in [-0.15, -0.1) is 0 Å². The van der Waals surface area contributed by atoms with Crippen molar-refractivity contribution in [1.82, 2.24) is 0 Å². The van der Waals surface area contributed by atoms with Crippen molar-refractivity contribution < 1.29 is 19.7 Å². The van der Waals surface area contributed by atoms with Crippen molar-refractivity contribution in [3.05, 3.63) is 0 Å². The van der Waals surface area contributed by atoms with Crippen LogP contribution >= 0.6 is 0 Å². The van der Waals surface area contributed by atoms with Crippen LogP contribution in [0, 0.1) is 0 Å². The minimum atomic E-state index is -0.356. The molecule has 0 heterocycles. The predicted molar refractivity (Wildman–Crippen MR) is 110 cm³/mol. The molecule has 0 fully saturated rings. The molecule has 0 unspecified atom stereocenters. The fraction of sp³-hybridized carbons (Fsp3) is 1.00. The number of ether oxygens (including phenoxy) is 2. The lowest BCUT2D eigenvalue weighted by Gasteiger charge is -2.11. The molecule has 0 radical (unpaired) electrons. The SMILES string of the molecule is CCCCCCCCCCCCCCCC[C@H](O)COCCOCCO. The maximum Gasteiger partial charge on any atom is 0.0773 e. The van der Waals surface area contributed by atoms with Crippen LogP contribution in [-0.4, -0.2) is 49.4 Å². The number of aliphatic hydroxyl groups excluding tert-OH is 2. The zero-order valence-electron chi connectivity index (χ0n) is 17.4. The molecule has 0 spiro atoms. The van der Waals surface area contributed by atoms with Gasteiger partial charge in [0.2, 0.25) is 0 Å². The van der Waals surface area contributed by atoms with Crippen LogP contribution in [0.5, 0.6) is 0 Å². The van der Waals surface area contributed by atoms with Crippen LogP contribution in [-0.2, 0) is 9.47 Å². The van der Waals surface area contributed by atoms with Gasteiger partial charge in [0, 0.05) is 0 Å². The smallest absolute Gasteiger partial charge is 0.0773 e. The van der Waals surface area contributed by atoms with E-state index in [-0.39, 0.29) is 12.7 Å². The van der Waals surface area contributed by atoms with Crippen LogP contribution in [0.25, 0.3) is 0 Å². The second kappa shape index (κ2) is 22.9. The van der Waals surface area contributed by atoms with E-state index in [2.05, 4.69) is 6.92 Å². The molecule has 0 aromatic rings. The first-order valence-electron chi connectivity index (χ1n) is 11.3. The summed E-state index contributed by atoms with van der Waals surface area (Å²) < 4.78 is 10.4. The Morgan fingerprint density at radius 2 is 1.08 bits per heavy atom. The lowest BCUT2D eigenvalue weighted by Crippen LogP contribution is -2.17. The molecule has 0 bridgehead atoms. The fourth-order valence-corrected chi connectivity index (χ4v) is 3.16. The number of hydrogen-bond acceptors (Lipinski definition) is 4. The van der Waals surface area contributed by atoms with Gasteiger partial charge in [-0.05, 0) is 6.42 Å². The average molecular weight is 375 g/mol. The molecule has 0 saturated carbocycles. The Morgan fingerprint density at radius 3 is 1.58 bits per heavy atom. The van der Waals surface area contributed by atoms with Gasteiger partial charge in [0.15, 0.2) is 0 Å². The summed E-state index contributed by atoms with van der Waals surface area (Å²) in [6, 6.07) is 0. The zero-order chi connectivity index (χ0) is 19.1. The van der Waals surface area contributed by atoms with E-state index in [1.807, 2.05) is 0 Å². The van der Waals surface area contributed by atoms with Crippen molar-refractivity contribution >= 4 is 0 Å². The van der Waals surface area contributed by atoms with Gasteiger partial charge in [0.05, 0.1) is 39.1 Å². The molecule has 0 aliphatic rings. The number of aliphatic hydroxyl groups is 2. The molecule has 4 heteroatoms. The largest absolute Gasteiger partial charge is 0.394 e. The van der Waals surface area contributed by atoms with E-state index in [1.54, 1.807) is 0 Å². The van der Waals surface area contributed by atoms with E-state index in [1.165, 1.54) is 83.5 Å². The molecule has 158 valence electrons. The lowest BCUT2D eigenvalue weighted by molar-refractivity contribution is -0.00465. The van der Waals surface area contributed by atoms with E-state index >= 15 is 0 Å². The number of hydrogen-bond donors (Lipinski definition) is 2. The van der Waals surface area contributed by atoms with Crippen molar-refractivity contribution in [2.75, 3.05) is 33.0 Å². The van der Waals surface area contributed by atoms with Gasteiger partial charge in [-0.2, -0.15) is 0 Å². The molecule has 26 heavy (non-hydrogen) atoms. The van der Waals surface area contributed by atoms with Crippen molar-refractivity contribution in [3.8, 4) is 0 Å². The molecular weight excluding hydrogens is 328 g/mol. The van der Waals surface area contributed by atoms with Crippen LogP contribution < -0.4 is 0 Å². The Morgan fingerprint density at radius 1 is 0.615 bits per heavy atom. The molecule has 0 rings (SSSR count). The third kappa shape index (κ3) is 21.9. The number of unbranched alkanes of at least 4 members (excludes halogenated alkanes) is 13. The summed E-state index contributed by atoms with van der Waals surface area (Å²) in [6.07, 6.45) is 19.5. The van der Waals surface area contributed by atoms with E-state index in [9.17, 15) is 5.11 Å². The zero-order valence-corrected chi connectivity index (χ0v) is 17.4. The van der Waals surface area contributed by atoms with Crippen LogP contribution in [0.4, 0.5) is 0 Å². The highest BCUT2D eigenvalue weighted by molar-refractivity contribution is 4.55. The summed E-state index contributed by atoms with van der Waals surface area (Å²) >= 11 is 0. The van der Waals surface area contributed by atoms with Crippen LogP contribution in [0.1, 0.15) is 103 Å². The Labute approximate surface area is 162 Å². The monoisotopic (exact) mass is 374 g/mol. The van der Waals surface area contributed by atoms with E-state index in [0.717, 1.165) is 12.8 Å². The maximum absolute atomic E-state index is 9.84. The van der Waals surface area contributed by atoms with Crippen molar-refractivity contribution in [2.45, 2.75) is 109 Å². The third-order valence-corrected chi connectivity index (χ3v) is 4.81. The molecule has 2 N–H and O–H groups in total. The molecule has 0 aromatic heterocycles. The average Bonchev–Trinajstić information content (AvgIpc) is 2.65. The van der Waals surface area contributed by atoms with Gasteiger partial charge in [-0.25, -0.2) is 0 Å².